The third-order valence-electron chi connectivity index (χ3n) is 9.93. The first kappa shape index (κ1) is 21.8. The summed E-state index contributed by atoms with van der Waals surface area (Å²) in [6, 6.07) is 8.12. The van der Waals surface area contributed by atoms with Gasteiger partial charge in [0.25, 0.3) is 5.91 Å². The number of hydrogen-bond acceptors (Lipinski definition) is 3. The van der Waals surface area contributed by atoms with Gasteiger partial charge in [-0.05, 0) is 103 Å². The lowest BCUT2D eigenvalue weighted by Gasteiger charge is -2.58. The van der Waals surface area contributed by atoms with Crippen molar-refractivity contribution in [2.75, 3.05) is 0 Å². The number of hydrogen-bond donors (Lipinski definition) is 1. The molecule has 4 aliphatic carbocycles. The zero-order valence-electron chi connectivity index (χ0n) is 20.3. The van der Waals surface area contributed by atoms with Gasteiger partial charge in [-0.15, -0.1) is 0 Å². The first-order valence-corrected chi connectivity index (χ1v) is 13.0. The number of fused-ring (bicyclic) bond motifs is 5. The highest BCUT2D eigenvalue weighted by atomic mass is 16.1. The molecule has 1 amide bonds. The minimum atomic E-state index is 0.0266. The summed E-state index contributed by atoms with van der Waals surface area (Å²) < 4.78 is 0. The van der Waals surface area contributed by atoms with Crippen LogP contribution in [0.4, 0.5) is 0 Å². The van der Waals surface area contributed by atoms with Crippen molar-refractivity contribution in [3.05, 3.63) is 77.9 Å². The van der Waals surface area contributed by atoms with Gasteiger partial charge in [-0.3, -0.25) is 14.8 Å². The Morgan fingerprint density at radius 2 is 1.76 bits per heavy atom. The summed E-state index contributed by atoms with van der Waals surface area (Å²) in [7, 11) is 0. The molecule has 6 atom stereocenters. The first-order chi connectivity index (χ1) is 16.5. The molecule has 0 spiro atoms. The van der Waals surface area contributed by atoms with Gasteiger partial charge in [0, 0.05) is 36.4 Å². The summed E-state index contributed by atoms with van der Waals surface area (Å²) in [4.78, 5) is 21.2. The number of carbonyl (C=O) groups excluding carboxylic acids is 1. The molecule has 34 heavy (non-hydrogen) atoms. The van der Waals surface area contributed by atoms with Crippen LogP contribution in [0.5, 0.6) is 0 Å². The van der Waals surface area contributed by atoms with Crippen LogP contribution in [0.1, 0.15) is 74.7 Å². The average molecular weight is 454 g/mol. The van der Waals surface area contributed by atoms with Gasteiger partial charge >= 0.3 is 0 Å². The number of nitrogens with zero attached hydrogens (tertiary/aromatic N) is 2. The lowest BCUT2D eigenvalue weighted by atomic mass is 9.47. The first-order valence-electron chi connectivity index (χ1n) is 13.0. The predicted molar refractivity (Wildman–Crippen MR) is 135 cm³/mol. The van der Waals surface area contributed by atoms with Crippen molar-refractivity contribution in [2.24, 2.45) is 28.6 Å². The summed E-state index contributed by atoms with van der Waals surface area (Å²) in [6.07, 6.45) is 20.6. The SMILES string of the molecule is C[C@]12CC[C@H](NC(=O)c3ccncc3)CC1=CCC1C2CC[C@]2(C)C(c3cccnc3)=CCC12. The third kappa shape index (κ3) is 3.37. The smallest absolute Gasteiger partial charge is 0.251 e. The van der Waals surface area contributed by atoms with Crippen LogP contribution >= 0.6 is 0 Å². The van der Waals surface area contributed by atoms with Gasteiger partial charge in [0.2, 0.25) is 0 Å². The van der Waals surface area contributed by atoms with E-state index in [9.17, 15) is 4.79 Å². The zero-order chi connectivity index (χ0) is 23.3. The van der Waals surface area contributed by atoms with E-state index in [1.807, 2.05) is 12.4 Å². The molecule has 3 unspecified atom stereocenters. The lowest BCUT2D eigenvalue weighted by Crippen LogP contribution is -2.51. The molecular weight excluding hydrogens is 418 g/mol. The number of rotatable bonds is 3. The quantitative estimate of drug-likeness (QED) is 0.560. The van der Waals surface area contributed by atoms with Crippen molar-refractivity contribution in [1.29, 1.82) is 0 Å². The molecule has 0 aliphatic heterocycles. The van der Waals surface area contributed by atoms with E-state index < -0.39 is 0 Å². The molecule has 2 aromatic rings. The molecular formula is C30H35N3O. The molecule has 0 bridgehead atoms. The van der Waals surface area contributed by atoms with E-state index in [2.05, 4.69) is 53.4 Å². The number of amides is 1. The molecule has 4 nitrogen and oxygen atoms in total. The Hall–Kier alpha value is -2.75. The van der Waals surface area contributed by atoms with Gasteiger partial charge in [-0.25, -0.2) is 0 Å². The second kappa shape index (κ2) is 8.18. The normalized spacial score (nSPS) is 36.4. The van der Waals surface area contributed by atoms with Crippen LogP contribution in [-0.4, -0.2) is 21.9 Å². The summed E-state index contributed by atoms with van der Waals surface area (Å²) >= 11 is 0. The van der Waals surface area contributed by atoms with Crippen LogP contribution in [0, 0.1) is 28.6 Å². The van der Waals surface area contributed by atoms with Gasteiger partial charge in [-0.2, -0.15) is 0 Å². The van der Waals surface area contributed by atoms with Crippen molar-refractivity contribution in [3.63, 3.8) is 0 Å². The Kier molecular flexibility index (Phi) is 5.24. The topological polar surface area (TPSA) is 54.9 Å². The van der Waals surface area contributed by atoms with Gasteiger partial charge in [0.05, 0.1) is 0 Å². The van der Waals surface area contributed by atoms with Crippen LogP contribution in [-0.2, 0) is 0 Å². The Bertz CT molecular complexity index is 1140. The van der Waals surface area contributed by atoms with Crippen molar-refractivity contribution in [2.45, 2.75) is 64.8 Å². The fourth-order valence-electron chi connectivity index (χ4n) is 8.09. The van der Waals surface area contributed by atoms with Crippen molar-refractivity contribution >= 4 is 11.5 Å². The van der Waals surface area contributed by atoms with E-state index in [0.717, 1.165) is 30.6 Å². The fraction of sp³-hybridized carbons (Fsp3) is 0.500. The van der Waals surface area contributed by atoms with Crippen molar-refractivity contribution in [1.82, 2.24) is 15.3 Å². The van der Waals surface area contributed by atoms with Crippen LogP contribution in [0.15, 0.2) is 66.8 Å². The zero-order valence-corrected chi connectivity index (χ0v) is 20.3. The maximum absolute atomic E-state index is 12.7. The Morgan fingerprint density at radius 3 is 2.56 bits per heavy atom. The van der Waals surface area contributed by atoms with Gasteiger partial charge in [0.1, 0.15) is 0 Å². The number of aromatic nitrogens is 2. The van der Waals surface area contributed by atoms with Gasteiger partial charge in [0.15, 0.2) is 0 Å². The minimum Gasteiger partial charge on any atom is -0.349 e. The number of pyridine rings is 2. The molecule has 2 heterocycles. The highest BCUT2D eigenvalue weighted by molar-refractivity contribution is 5.94. The second-order valence-electron chi connectivity index (χ2n) is 11.5. The molecule has 4 aliphatic rings. The van der Waals surface area contributed by atoms with E-state index in [1.165, 1.54) is 43.2 Å². The van der Waals surface area contributed by atoms with Gasteiger partial charge in [-0.1, -0.05) is 37.6 Å². The molecule has 6 rings (SSSR count). The van der Waals surface area contributed by atoms with Gasteiger partial charge < -0.3 is 5.32 Å². The fourth-order valence-corrected chi connectivity index (χ4v) is 8.09. The van der Waals surface area contributed by atoms with Crippen LogP contribution in [0.3, 0.4) is 0 Å². The Morgan fingerprint density at radius 1 is 0.941 bits per heavy atom. The van der Waals surface area contributed by atoms with Crippen LogP contribution in [0.25, 0.3) is 5.57 Å². The van der Waals surface area contributed by atoms with Crippen molar-refractivity contribution in [3.8, 4) is 0 Å². The minimum absolute atomic E-state index is 0.0266. The number of carbonyl (C=O) groups is 1. The van der Waals surface area contributed by atoms with E-state index >= 15 is 0 Å². The van der Waals surface area contributed by atoms with E-state index in [1.54, 1.807) is 30.1 Å². The van der Waals surface area contributed by atoms with Crippen LogP contribution in [0.2, 0.25) is 0 Å². The van der Waals surface area contributed by atoms with Crippen molar-refractivity contribution < 1.29 is 4.79 Å². The van der Waals surface area contributed by atoms with E-state index in [4.69, 9.17) is 0 Å². The summed E-state index contributed by atoms with van der Waals surface area (Å²) in [5.41, 5.74) is 5.69. The second-order valence-corrected chi connectivity index (χ2v) is 11.5. The molecule has 176 valence electrons. The highest BCUT2D eigenvalue weighted by Crippen LogP contribution is 2.66. The molecule has 4 heteroatoms. The van der Waals surface area contributed by atoms with Crippen LogP contribution < -0.4 is 5.32 Å². The van der Waals surface area contributed by atoms with E-state index in [0.29, 0.717) is 5.56 Å². The molecule has 0 saturated heterocycles. The largest absolute Gasteiger partial charge is 0.349 e. The lowest BCUT2D eigenvalue weighted by molar-refractivity contribution is -0.0123. The Balaban J connectivity index is 1.20. The average Bonchev–Trinajstić information content (AvgIpc) is 3.22. The molecule has 0 radical (unpaired) electrons. The number of nitrogens with one attached hydrogen (secondary N) is 1. The molecule has 2 aromatic heterocycles. The standard InChI is InChI=1S/C30H35N3O/c1-29-13-9-23(33-28(34)20-11-16-31-17-12-20)18-22(29)5-6-24-26-8-7-25(21-4-3-15-32-19-21)30(26,2)14-10-27(24)29/h3-5,7,11-12,15-17,19,23-24,26-27H,6,8-10,13-14,18H2,1-2H3,(H,33,34)/t23-,24?,26?,27?,29-,30+/m0/s1. The maximum Gasteiger partial charge on any atom is 0.251 e. The number of allylic oxidation sites excluding steroid dienone is 3. The molecule has 0 aromatic carbocycles. The Labute approximate surface area is 203 Å². The highest BCUT2D eigenvalue weighted by Gasteiger charge is 2.56. The predicted octanol–water partition coefficient (Wildman–Crippen LogP) is 6.23. The summed E-state index contributed by atoms with van der Waals surface area (Å²) in [6.45, 7) is 5.05. The molecule has 2 fully saturated rings. The molecule has 2 saturated carbocycles. The maximum atomic E-state index is 12.7. The monoisotopic (exact) mass is 453 g/mol. The summed E-state index contributed by atoms with van der Waals surface area (Å²) in [5, 5.41) is 3.30. The summed E-state index contributed by atoms with van der Waals surface area (Å²) in [5.74, 6) is 2.25. The molecule has 1 N–H and O–H groups in total. The van der Waals surface area contributed by atoms with E-state index in [-0.39, 0.29) is 22.8 Å². The third-order valence-corrected chi connectivity index (χ3v) is 9.93.